The molecule has 1 heterocycles. The first-order chi connectivity index (χ1) is 9.22. The largest absolute Gasteiger partial charge is 0.497 e. The molecule has 2 rings (SSSR count). The number of amides is 1. The van der Waals surface area contributed by atoms with Gasteiger partial charge in [-0.25, -0.2) is 4.98 Å². The Balaban J connectivity index is 2.15. The highest BCUT2D eigenvalue weighted by Crippen LogP contribution is 2.14. The SMILES string of the molecule is COc1cccc(C(=O)Nc2cc(CO)ccn2)c1. The van der Waals surface area contributed by atoms with E-state index in [0.717, 1.165) is 0 Å². The van der Waals surface area contributed by atoms with Gasteiger partial charge in [0.2, 0.25) is 0 Å². The summed E-state index contributed by atoms with van der Waals surface area (Å²) >= 11 is 0. The average Bonchev–Trinajstić information content (AvgIpc) is 2.47. The first-order valence-electron chi connectivity index (χ1n) is 5.74. The number of pyridine rings is 1. The highest BCUT2D eigenvalue weighted by molar-refractivity contribution is 6.04. The fraction of sp³-hybridized carbons (Fsp3) is 0.143. The predicted octanol–water partition coefficient (Wildman–Crippen LogP) is 1.83. The molecule has 0 aliphatic carbocycles. The van der Waals surface area contributed by atoms with E-state index in [1.54, 1.807) is 43.5 Å². The van der Waals surface area contributed by atoms with E-state index in [9.17, 15) is 4.79 Å². The molecule has 5 heteroatoms. The molecule has 0 spiro atoms. The van der Waals surface area contributed by atoms with Crippen LogP contribution in [0, 0.1) is 0 Å². The molecule has 2 aromatic rings. The molecule has 1 aromatic heterocycles. The van der Waals surface area contributed by atoms with Crippen molar-refractivity contribution >= 4 is 11.7 Å². The van der Waals surface area contributed by atoms with E-state index in [1.807, 2.05) is 0 Å². The predicted molar refractivity (Wildman–Crippen MR) is 71.1 cm³/mol. The number of carbonyl (C=O) groups excluding carboxylic acids is 1. The number of aliphatic hydroxyl groups excluding tert-OH is 1. The quantitative estimate of drug-likeness (QED) is 0.877. The van der Waals surface area contributed by atoms with Crippen LogP contribution in [-0.4, -0.2) is 23.1 Å². The van der Waals surface area contributed by atoms with E-state index < -0.39 is 0 Å². The van der Waals surface area contributed by atoms with Crippen LogP contribution in [0.1, 0.15) is 15.9 Å². The van der Waals surface area contributed by atoms with Crippen LogP contribution in [0.15, 0.2) is 42.6 Å². The Labute approximate surface area is 110 Å². The maximum Gasteiger partial charge on any atom is 0.256 e. The fourth-order valence-electron chi connectivity index (χ4n) is 1.59. The molecule has 1 amide bonds. The summed E-state index contributed by atoms with van der Waals surface area (Å²) in [7, 11) is 1.54. The monoisotopic (exact) mass is 258 g/mol. The summed E-state index contributed by atoms with van der Waals surface area (Å²) in [5, 5.41) is 11.7. The van der Waals surface area contributed by atoms with Crippen LogP contribution in [0.4, 0.5) is 5.82 Å². The van der Waals surface area contributed by atoms with Gasteiger partial charge in [0, 0.05) is 11.8 Å². The van der Waals surface area contributed by atoms with Crippen LogP contribution in [0.5, 0.6) is 5.75 Å². The summed E-state index contributed by atoms with van der Waals surface area (Å²) < 4.78 is 5.06. The molecular formula is C14H14N2O3. The molecule has 98 valence electrons. The van der Waals surface area contributed by atoms with Gasteiger partial charge in [-0.05, 0) is 35.9 Å². The zero-order valence-corrected chi connectivity index (χ0v) is 10.5. The Hall–Kier alpha value is -2.40. The van der Waals surface area contributed by atoms with E-state index in [-0.39, 0.29) is 12.5 Å². The number of nitrogens with one attached hydrogen (secondary N) is 1. The van der Waals surface area contributed by atoms with Crippen molar-refractivity contribution in [1.82, 2.24) is 4.98 Å². The third-order valence-corrected chi connectivity index (χ3v) is 2.58. The van der Waals surface area contributed by atoms with E-state index in [4.69, 9.17) is 9.84 Å². The first kappa shape index (κ1) is 13.0. The lowest BCUT2D eigenvalue weighted by Gasteiger charge is -2.06. The standard InChI is InChI=1S/C14H14N2O3/c1-19-12-4-2-3-11(8-12)14(18)16-13-7-10(9-17)5-6-15-13/h2-8,17H,9H2,1H3,(H,15,16,18). The molecule has 0 saturated heterocycles. The zero-order chi connectivity index (χ0) is 13.7. The van der Waals surface area contributed by atoms with Crippen LogP contribution < -0.4 is 10.1 Å². The first-order valence-corrected chi connectivity index (χ1v) is 5.74. The molecule has 0 unspecified atom stereocenters. The van der Waals surface area contributed by atoms with Crippen LogP contribution in [0.25, 0.3) is 0 Å². The van der Waals surface area contributed by atoms with Crippen LogP contribution >= 0.6 is 0 Å². The lowest BCUT2D eigenvalue weighted by molar-refractivity contribution is 0.102. The summed E-state index contributed by atoms with van der Waals surface area (Å²) in [5.74, 6) is 0.741. The van der Waals surface area contributed by atoms with Crippen molar-refractivity contribution in [1.29, 1.82) is 0 Å². The van der Waals surface area contributed by atoms with Gasteiger partial charge in [0.25, 0.3) is 5.91 Å². The van der Waals surface area contributed by atoms with Crippen molar-refractivity contribution < 1.29 is 14.6 Å². The van der Waals surface area contributed by atoms with Gasteiger partial charge in [-0.1, -0.05) is 6.07 Å². The number of anilines is 1. The lowest BCUT2D eigenvalue weighted by Crippen LogP contribution is -2.13. The third kappa shape index (κ3) is 3.29. The van der Waals surface area contributed by atoms with Crippen molar-refractivity contribution in [2.45, 2.75) is 6.61 Å². The number of methoxy groups -OCH3 is 1. The van der Waals surface area contributed by atoms with Crippen molar-refractivity contribution in [3.63, 3.8) is 0 Å². The minimum Gasteiger partial charge on any atom is -0.497 e. The van der Waals surface area contributed by atoms with Crippen molar-refractivity contribution in [2.24, 2.45) is 0 Å². The number of rotatable bonds is 4. The Morgan fingerprint density at radius 1 is 1.37 bits per heavy atom. The van der Waals surface area contributed by atoms with Crippen molar-refractivity contribution in [2.75, 3.05) is 12.4 Å². The molecule has 2 N–H and O–H groups in total. The molecule has 0 fully saturated rings. The topological polar surface area (TPSA) is 71.5 Å². The van der Waals surface area contributed by atoms with Crippen molar-refractivity contribution in [3.05, 3.63) is 53.7 Å². The number of benzene rings is 1. The van der Waals surface area contributed by atoms with E-state index in [1.165, 1.54) is 6.20 Å². The molecule has 0 radical (unpaired) electrons. The minimum absolute atomic E-state index is 0.0927. The number of hydrogen-bond acceptors (Lipinski definition) is 4. The van der Waals surface area contributed by atoms with Gasteiger partial charge in [0.1, 0.15) is 11.6 Å². The average molecular weight is 258 g/mol. The van der Waals surface area contributed by atoms with Gasteiger partial charge in [-0.3, -0.25) is 4.79 Å². The number of hydrogen-bond donors (Lipinski definition) is 2. The number of nitrogens with zero attached hydrogens (tertiary/aromatic N) is 1. The van der Waals surface area contributed by atoms with E-state index in [0.29, 0.717) is 22.7 Å². The number of aromatic nitrogens is 1. The van der Waals surface area contributed by atoms with Gasteiger partial charge >= 0.3 is 0 Å². The Bertz CT molecular complexity index is 584. The molecule has 0 aliphatic heterocycles. The van der Waals surface area contributed by atoms with E-state index in [2.05, 4.69) is 10.3 Å². The smallest absolute Gasteiger partial charge is 0.256 e. The summed E-state index contributed by atoms with van der Waals surface area (Å²) in [4.78, 5) is 16.0. The molecule has 0 aliphatic rings. The molecule has 0 atom stereocenters. The summed E-state index contributed by atoms with van der Waals surface area (Å²) in [6.45, 7) is -0.0927. The van der Waals surface area contributed by atoms with Crippen LogP contribution in [-0.2, 0) is 6.61 Å². The molecular weight excluding hydrogens is 244 g/mol. The lowest BCUT2D eigenvalue weighted by atomic mass is 10.2. The van der Waals surface area contributed by atoms with Gasteiger partial charge in [0.15, 0.2) is 0 Å². The number of ether oxygens (including phenoxy) is 1. The number of carbonyl (C=O) groups is 1. The normalized spacial score (nSPS) is 10.0. The molecule has 5 nitrogen and oxygen atoms in total. The maximum absolute atomic E-state index is 12.0. The molecule has 0 bridgehead atoms. The van der Waals surface area contributed by atoms with Gasteiger partial charge in [-0.2, -0.15) is 0 Å². The second kappa shape index (κ2) is 5.97. The summed E-state index contributed by atoms with van der Waals surface area (Å²) in [6.07, 6.45) is 1.53. The van der Waals surface area contributed by atoms with Crippen LogP contribution in [0.3, 0.4) is 0 Å². The second-order valence-corrected chi connectivity index (χ2v) is 3.89. The Kier molecular flexibility index (Phi) is 4.10. The molecule has 0 saturated carbocycles. The van der Waals surface area contributed by atoms with Crippen LogP contribution in [0.2, 0.25) is 0 Å². The second-order valence-electron chi connectivity index (χ2n) is 3.89. The van der Waals surface area contributed by atoms with Gasteiger partial charge < -0.3 is 15.2 Å². The van der Waals surface area contributed by atoms with Gasteiger partial charge in [0.05, 0.1) is 13.7 Å². The third-order valence-electron chi connectivity index (χ3n) is 2.58. The summed E-state index contributed by atoms with van der Waals surface area (Å²) in [5.41, 5.74) is 1.17. The molecule has 19 heavy (non-hydrogen) atoms. The Morgan fingerprint density at radius 3 is 2.95 bits per heavy atom. The highest BCUT2D eigenvalue weighted by Gasteiger charge is 2.08. The van der Waals surface area contributed by atoms with Gasteiger partial charge in [-0.15, -0.1) is 0 Å². The summed E-state index contributed by atoms with van der Waals surface area (Å²) in [6, 6.07) is 10.1. The maximum atomic E-state index is 12.0. The van der Waals surface area contributed by atoms with Crippen molar-refractivity contribution in [3.8, 4) is 5.75 Å². The zero-order valence-electron chi connectivity index (χ0n) is 10.5. The fourth-order valence-corrected chi connectivity index (χ4v) is 1.59. The molecule has 1 aromatic carbocycles. The highest BCUT2D eigenvalue weighted by atomic mass is 16.5. The minimum atomic E-state index is -0.276. The number of aliphatic hydroxyl groups is 1. The Morgan fingerprint density at radius 2 is 2.21 bits per heavy atom. The van der Waals surface area contributed by atoms with E-state index >= 15 is 0 Å².